The van der Waals surface area contributed by atoms with Crippen LogP contribution in [0.2, 0.25) is 0 Å². The summed E-state index contributed by atoms with van der Waals surface area (Å²) in [6.07, 6.45) is 27.0. The smallest absolute Gasteiger partial charge is 0.0169 e. The third kappa shape index (κ3) is 15.0. The summed E-state index contributed by atoms with van der Waals surface area (Å²) in [6.45, 7) is 6.00. The maximum Gasteiger partial charge on any atom is -0.0169 e. The van der Waals surface area contributed by atoms with Crippen LogP contribution in [0.5, 0.6) is 0 Å². The number of rotatable bonds is 11. The Bertz CT molecular complexity index is 253. The van der Waals surface area contributed by atoms with Crippen LogP contribution in [-0.4, -0.2) is 0 Å². The highest BCUT2D eigenvalue weighted by Crippen LogP contribution is 2.00. The topological polar surface area (TPSA) is 0 Å². The maximum atomic E-state index is 3.76. The molecule has 0 aliphatic heterocycles. The van der Waals surface area contributed by atoms with E-state index in [0.717, 1.165) is 25.7 Å². The van der Waals surface area contributed by atoms with Crippen molar-refractivity contribution >= 4 is 0 Å². The van der Waals surface area contributed by atoms with Gasteiger partial charge in [0, 0.05) is 0 Å². The van der Waals surface area contributed by atoms with Gasteiger partial charge < -0.3 is 0 Å². The zero-order valence-corrected chi connectivity index (χ0v) is 12.0. The Morgan fingerprint density at radius 3 is 1.67 bits per heavy atom. The summed E-state index contributed by atoms with van der Waals surface area (Å²) in [4.78, 5) is 0. The summed E-state index contributed by atoms with van der Waals surface area (Å²) in [5.41, 5.74) is 0. The van der Waals surface area contributed by atoms with Crippen molar-refractivity contribution in [2.24, 2.45) is 0 Å². The van der Waals surface area contributed by atoms with Crippen LogP contribution in [0.15, 0.2) is 48.6 Å². The van der Waals surface area contributed by atoms with Crippen LogP contribution in [0.25, 0.3) is 0 Å². The Hall–Kier alpha value is -1.04. The lowest BCUT2D eigenvalue weighted by Crippen LogP contribution is -1.70. The van der Waals surface area contributed by atoms with Crippen molar-refractivity contribution in [1.82, 2.24) is 0 Å². The maximum absolute atomic E-state index is 3.76. The van der Waals surface area contributed by atoms with E-state index in [1.807, 2.05) is 0 Å². The molecule has 0 atom stereocenters. The molecule has 0 spiro atoms. The van der Waals surface area contributed by atoms with Gasteiger partial charge in [0.2, 0.25) is 0 Å². The molecule has 0 bridgehead atoms. The molecule has 101 valence electrons. The van der Waals surface area contributed by atoms with E-state index in [0.29, 0.717) is 0 Å². The first-order chi connectivity index (χ1) is 8.91. The Morgan fingerprint density at radius 2 is 1.17 bits per heavy atom. The van der Waals surface area contributed by atoms with Gasteiger partial charge in [-0.15, -0.1) is 0 Å². The zero-order valence-electron chi connectivity index (χ0n) is 12.0. The lowest BCUT2D eigenvalue weighted by molar-refractivity contribution is 0.728. The van der Waals surface area contributed by atoms with Crippen LogP contribution in [0.3, 0.4) is 0 Å². The first kappa shape index (κ1) is 17.0. The second kappa shape index (κ2) is 16.0. The van der Waals surface area contributed by atoms with Gasteiger partial charge in [-0.1, -0.05) is 68.4 Å². The molecule has 0 N–H and O–H groups in total. The molecule has 0 saturated carbocycles. The first-order valence-corrected chi connectivity index (χ1v) is 7.31. The summed E-state index contributed by atoms with van der Waals surface area (Å²) in [6, 6.07) is 0. The SMILES string of the molecule is [CH2]C/C=C/C/C=C/C/C=C/C/C=C/CCCCC. The lowest BCUT2D eigenvalue weighted by atomic mass is 10.2. The van der Waals surface area contributed by atoms with E-state index in [-0.39, 0.29) is 0 Å². The number of unbranched alkanes of at least 4 members (excludes halogenated alkanes) is 3. The van der Waals surface area contributed by atoms with E-state index in [2.05, 4.69) is 62.5 Å². The van der Waals surface area contributed by atoms with E-state index < -0.39 is 0 Å². The number of allylic oxidation sites excluding steroid dienone is 8. The Kier molecular flexibility index (Phi) is 15.0. The summed E-state index contributed by atoms with van der Waals surface area (Å²) < 4.78 is 0. The van der Waals surface area contributed by atoms with E-state index in [1.54, 1.807) is 0 Å². The molecule has 0 aromatic heterocycles. The molecule has 0 aromatic carbocycles. The number of hydrogen-bond donors (Lipinski definition) is 0. The minimum Gasteiger partial charge on any atom is -0.0882 e. The minimum absolute atomic E-state index is 0.887. The third-order valence-corrected chi connectivity index (χ3v) is 2.62. The van der Waals surface area contributed by atoms with E-state index in [9.17, 15) is 0 Å². The highest BCUT2D eigenvalue weighted by atomic mass is 13.9. The molecule has 0 saturated heterocycles. The van der Waals surface area contributed by atoms with Crippen molar-refractivity contribution in [2.45, 2.75) is 58.3 Å². The average Bonchev–Trinajstić information content (AvgIpc) is 2.39. The molecule has 0 heterocycles. The third-order valence-electron chi connectivity index (χ3n) is 2.62. The second-order valence-corrected chi connectivity index (χ2v) is 4.38. The molecule has 0 aliphatic rings. The molecule has 1 radical (unpaired) electrons. The molecule has 0 unspecified atom stereocenters. The quantitative estimate of drug-likeness (QED) is 0.301. The van der Waals surface area contributed by atoms with Crippen LogP contribution in [-0.2, 0) is 0 Å². The summed E-state index contributed by atoms with van der Waals surface area (Å²) in [5.74, 6) is 0. The first-order valence-electron chi connectivity index (χ1n) is 7.31. The Balaban J connectivity index is 3.34. The van der Waals surface area contributed by atoms with Crippen LogP contribution in [0.4, 0.5) is 0 Å². The van der Waals surface area contributed by atoms with Gasteiger partial charge in [-0.2, -0.15) is 0 Å². The molecule has 0 nitrogen and oxygen atoms in total. The van der Waals surface area contributed by atoms with Gasteiger partial charge >= 0.3 is 0 Å². The fraction of sp³-hybridized carbons (Fsp3) is 0.500. The largest absolute Gasteiger partial charge is 0.0882 e. The van der Waals surface area contributed by atoms with E-state index in [1.165, 1.54) is 25.7 Å². The minimum atomic E-state index is 0.887. The molecule has 0 aliphatic carbocycles. The monoisotopic (exact) mass is 245 g/mol. The van der Waals surface area contributed by atoms with Gasteiger partial charge in [-0.25, -0.2) is 0 Å². The van der Waals surface area contributed by atoms with E-state index >= 15 is 0 Å². The fourth-order valence-electron chi connectivity index (χ4n) is 1.56. The summed E-state index contributed by atoms with van der Waals surface area (Å²) in [7, 11) is 0. The van der Waals surface area contributed by atoms with Crippen molar-refractivity contribution in [3.8, 4) is 0 Å². The summed E-state index contributed by atoms with van der Waals surface area (Å²) in [5, 5.41) is 0. The molecule has 0 amide bonds. The van der Waals surface area contributed by atoms with Crippen molar-refractivity contribution < 1.29 is 0 Å². The van der Waals surface area contributed by atoms with Gasteiger partial charge in [0.05, 0.1) is 0 Å². The molecule has 0 fully saturated rings. The lowest BCUT2D eigenvalue weighted by Gasteiger charge is -1.90. The van der Waals surface area contributed by atoms with Gasteiger partial charge in [-0.3, -0.25) is 0 Å². The highest BCUT2D eigenvalue weighted by molar-refractivity contribution is 4.99. The van der Waals surface area contributed by atoms with Gasteiger partial charge in [0.15, 0.2) is 0 Å². The zero-order chi connectivity index (χ0) is 13.3. The normalized spacial score (nSPS) is 12.8. The predicted molar refractivity (Wildman–Crippen MR) is 84.5 cm³/mol. The molecular weight excluding hydrogens is 216 g/mol. The van der Waals surface area contributed by atoms with Crippen molar-refractivity contribution in [3.05, 3.63) is 55.5 Å². The van der Waals surface area contributed by atoms with Gasteiger partial charge in [0.1, 0.15) is 0 Å². The van der Waals surface area contributed by atoms with Crippen molar-refractivity contribution in [1.29, 1.82) is 0 Å². The van der Waals surface area contributed by atoms with Crippen LogP contribution >= 0.6 is 0 Å². The highest BCUT2D eigenvalue weighted by Gasteiger charge is 1.80. The van der Waals surface area contributed by atoms with Crippen LogP contribution in [0.1, 0.15) is 58.3 Å². The average molecular weight is 245 g/mol. The van der Waals surface area contributed by atoms with Crippen LogP contribution < -0.4 is 0 Å². The molecule has 0 heteroatoms. The molecular formula is C18H29. The van der Waals surface area contributed by atoms with Gasteiger partial charge in [0.25, 0.3) is 0 Å². The van der Waals surface area contributed by atoms with Crippen molar-refractivity contribution in [2.75, 3.05) is 0 Å². The van der Waals surface area contributed by atoms with E-state index in [4.69, 9.17) is 0 Å². The Labute approximate surface area is 114 Å². The molecule has 18 heavy (non-hydrogen) atoms. The standard InChI is InChI=1S/C18H29/c1-3-5-7-9-11-13-15-17-18-16-14-12-10-8-6-4-2/h5,7,11-14,17-18H,1,3-4,6,8-10,15-16H2,2H3/b7-5+,13-11+,14-12+,18-17+. The molecule has 0 aromatic rings. The van der Waals surface area contributed by atoms with Crippen molar-refractivity contribution in [3.63, 3.8) is 0 Å². The predicted octanol–water partition coefficient (Wildman–Crippen LogP) is 6.19. The second-order valence-electron chi connectivity index (χ2n) is 4.38. The fourth-order valence-corrected chi connectivity index (χ4v) is 1.56. The Morgan fingerprint density at radius 1 is 0.667 bits per heavy atom. The summed E-state index contributed by atoms with van der Waals surface area (Å²) >= 11 is 0. The van der Waals surface area contributed by atoms with Crippen LogP contribution in [0, 0.1) is 6.92 Å². The number of hydrogen-bond acceptors (Lipinski definition) is 0. The van der Waals surface area contributed by atoms with Gasteiger partial charge in [-0.05, 0) is 45.4 Å². The molecule has 0 rings (SSSR count).